The van der Waals surface area contributed by atoms with Gasteiger partial charge in [-0.2, -0.15) is 13.2 Å². The van der Waals surface area contributed by atoms with E-state index in [4.69, 9.17) is 0 Å². The Labute approximate surface area is 115 Å². The van der Waals surface area contributed by atoms with E-state index in [-0.39, 0.29) is 31.3 Å². The van der Waals surface area contributed by atoms with Gasteiger partial charge in [-0.25, -0.2) is 0 Å². The van der Waals surface area contributed by atoms with Gasteiger partial charge in [0.15, 0.2) is 0 Å². The van der Waals surface area contributed by atoms with Crippen LogP contribution < -0.4 is 16.0 Å². The fraction of sp³-hybridized carbons (Fsp3) is 0.923. The Balaban J connectivity index is 1.54. The maximum absolute atomic E-state index is 13.1. The van der Waals surface area contributed by atoms with E-state index in [1.807, 2.05) is 7.05 Å². The number of halogens is 3. The van der Waals surface area contributed by atoms with Crippen LogP contribution in [0, 0.1) is 16.7 Å². The molecule has 1 amide bonds. The van der Waals surface area contributed by atoms with E-state index in [2.05, 4.69) is 16.0 Å². The first-order valence-corrected chi connectivity index (χ1v) is 7.06. The van der Waals surface area contributed by atoms with E-state index < -0.39 is 17.0 Å². The highest BCUT2D eigenvalue weighted by molar-refractivity contribution is 5.79. The quantitative estimate of drug-likeness (QED) is 0.712. The van der Waals surface area contributed by atoms with Gasteiger partial charge in [-0.05, 0) is 26.3 Å². The highest BCUT2D eigenvalue weighted by Crippen LogP contribution is 2.72. The molecule has 0 aromatic heterocycles. The van der Waals surface area contributed by atoms with Crippen LogP contribution >= 0.6 is 0 Å². The molecule has 0 unspecified atom stereocenters. The molecule has 1 aliphatic heterocycles. The van der Waals surface area contributed by atoms with Crippen LogP contribution in [0.2, 0.25) is 0 Å². The molecular formula is C13H20F3N3O. The topological polar surface area (TPSA) is 53.2 Å². The van der Waals surface area contributed by atoms with E-state index in [1.165, 1.54) is 0 Å². The van der Waals surface area contributed by atoms with Crippen molar-refractivity contribution in [2.75, 3.05) is 26.7 Å². The molecule has 0 aromatic carbocycles. The Bertz CT molecular complexity index is 422. The number of nitrogens with one attached hydrogen (secondary N) is 3. The third-order valence-electron chi connectivity index (χ3n) is 5.48. The molecule has 20 heavy (non-hydrogen) atoms. The Hall–Kier alpha value is -0.820. The van der Waals surface area contributed by atoms with Crippen LogP contribution in [-0.4, -0.2) is 44.8 Å². The van der Waals surface area contributed by atoms with Crippen LogP contribution in [0.5, 0.6) is 0 Å². The molecule has 2 atom stereocenters. The third-order valence-corrected chi connectivity index (χ3v) is 5.48. The van der Waals surface area contributed by atoms with Crippen molar-refractivity contribution in [3.8, 4) is 0 Å². The molecule has 4 nitrogen and oxygen atoms in total. The predicted octanol–water partition coefficient (Wildman–Crippen LogP) is 0.643. The minimum Gasteiger partial charge on any atom is -0.355 e. The van der Waals surface area contributed by atoms with Gasteiger partial charge in [0.2, 0.25) is 5.91 Å². The number of carbonyl (C=O) groups excluding carboxylic acids is 1. The standard InChI is InChI=1S/C13H20F3N3O/c1-17-9-2-8(3-9)10(20)19-6-11-4-12(11,7-18-5-11)13(14,15)16/h8-9,17-18H,2-7H2,1H3,(H,19,20)/t8?,9?,11-,12-/m1/s1. The van der Waals surface area contributed by atoms with Gasteiger partial charge in [-0.1, -0.05) is 0 Å². The molecule has 1 saturated heterocycles. The first-order chi connectivity index (χ1) is 9.34. The number of hydrogen-bond acceptors (Lipinski definition) is 3. The molecule has 1 heterocycles. The van der Waals surface area contributed by atoms with Crippen LogP contribution in [0.1, 0.15) is 19.3 Å². The summed E-state index contributed by atoms with van der Waals surface area (Å²) in [7, 11) is 1.85. The van der Waals surface area contributed by atoms with Gasteiger partial charge in [-0.3, -0.25) is 4.79 Å². The summed E-state index contributed by atoms with van der Waals surface area (Å²) in [5.74, 6) is -0.141. The summed E-state index contributed by atoms with van der Waals surface area (Å²) in [4.78, 5) is 11.9. The van der Waals surface area contributed by atoms with Crippen LogP contribution in [0.25, 0.3) is 0 Å². The maximum atomic E-state index is 13.1. The van der Waals surface area contributed by atoms with Crippen molar-refractivity contribution in [2.24, 2.45) is 16.7 Å². The number of carbonyl (C=O) groups is 1. The van der Waals surface area contributed by atoms with Crippen molar-refractivity contribution in [3.05, 3.63) is 0 Å². The second-order valence-corrected chi connectivity index (χ2v) is 6.51. The SMILES string of the molecule is CNC1CC(C(=O)NC[C@@]23CNC[C@]2(C(F)(F)F)C3)C1. The zero-order valence-corrected chi connectivity index (χ0v) is 11.4. The number of hydrogen-bond donors (Lipinski definition) is 3. The average molecular weight is 291 g/mol. The summed E-state index contributed by atoms with van der Waals surface area (Å²) < 4.78 is 39.4. The van der Waals surface area contributed by atoms with Gasteiger partial charge in [0.25, 0.3) is 0 Å². The average Bonchev–Trinajstić information content (AvgIpc) is 2.83. The third kappa shape index (κ3) is 1.86. The van der Waals surface area contributed by atoms with E-state index in [0.717, 1.165) is 12.8 Å². The van der Waals surface area contributed by atoms with Gasteiger partial charge in [0, 0.05) is 37.0 Å². The Morgan fingerprint density at radius 3 is 2.60 bits per heavy atom. The number of rotatable bonds is 4. The molecule has 0 bridgehead atoms. The zero-order valence-electron chi connectivity index (χ0n) is 11.4. The van der Waals surface area contributed by atoms with E-state index >= 15 is 0 Å². The molecule has 2 saturated carbocycles. The van der Waals surface area contributed by atoms with Crippen molar-refractivity contribution in [3.63, 3.8) is 0 Å². The van der Waals surface area contributed by atoms with E-state index in [9.17, 15) is 18.0 Å². The van der Waals surface area contributed by atoms with E-state index in [0.29, 0.717) is 12.6 Å². The summed E-state index contributed by atoms with van der Waals surface area (Å²) >= 11 is 0. The largest absolute Gasteiger partial charge is 0.396 e. The molecule has 2 aliphatic carbocycles. The fourth-order valence-corrected chi connectivity index (χ4v) is 3.79. The summed E-state index contributed by atoms with van der Waals surface area (Å²) in [6, 6.07) is 0.368. The lowest BCUT2D eigenvalue weighted by Crippen LogP contribution is -2.48. The Morgan fingerprint density at radius 2 is 2.05 bits per heavy atom. The van der Waals surface area contributed by atoms with Crippen molar-refractivity contribution in [1.82, 2.24) is 16.0 Å². The van der Waals surface area contributed by atoms with Gasteiger partial charge >= 0.3 is 6.18 Å². The number of fused-ring (bicyclic) bond motifs is 1. The second kappa shape index (κ2) is 4.34. The van der Waals surface area contributed by atoms with Gasteiger partial charge in [0.1, 0.15) is 0 Å². The first-order valence-electron chi connectivity index (χ1n) is 7.06. The van der Waals surface area contributed by atoms with Crippen LogP contribution in [0.15, 0.2) is 0 Å². The van der Waals surface area contributed by atoms with Crippen molar-refractivity contribution in [2.45, 2.75) is 31.5 Å². The molecule has 0 aromatic rings. The lowest BCUT2D eigenvalue weighted by Gasteiger charge is -2.34. The number of alkyl halides is 3. The molecular weight excluding hydrogens is 271 g/mol. The van der Waals surface area contributed by atoms with Crippen LogP contribution in [0.4, 0.5) is 13.2 Å². The van der Waals surface area contributed by atoms with Crippen molar-refractivity contribution >= 4 is 5.91 Å². The van der Waals surface area contributed by atoms with Crippen LogP contribution in [-0.2, 0) is 4.79 Å². The normalized spacial score (nSPS) is 42.8. The summed E-state index contributed by atoms with van der Waals surface area (Å²) in [5.41, 5.74) is -2.42. The predicted molar refractivity (Wildman–Crippen MR) is 67.0 cm³/mol. The van der Waals surface area contributed by atoms with E-state index in [1.54, 1.807) is 0 Å². The highest BCUT2D eigenvalue weighted by Gasteiger charge is 2.81. The van der Waals surface area contributed by atoms with Crippen molar-refractivity contribution in [1.29, 1.82) is 0 Å². The smallest absolute Gasteiger partial charge is 0.355 e. The van der Waals surface area contributed by atoms with Crippen LogP contribution in [0.3, 0.4) is 0 Å². The summed E-state index contributed by atoms with van der Waals surface area (Å²) in [6.07, 6.45) is -2.49. The first kappa shape index (κ1) is 14.1. The van der Waals surface area contributed by atoms with Crippen molar-refractivity contribution < 1.29 is 18.0 Å². The molecule has 7 heteroatoms. The lowest BCUT2D eigenvalue weighted by atomic mass is 9.79. The lowest BCUT2D eigenvalue weighted by molar-refractivity contribution is -0.190. The molecule has 3 fully saturated rings. The van der Waals surface area contributed by atoms with Gasteiger partial charge < -0.3 is 16.0 Å². The van der Waals surface area contributed by atoms with Gasteiger partial charge in [-0.15, -0.1) is 0 Å². The molecule has 3 aliphatic rings. The molecule has 0 radical (unpaired) electrons. The summed E-state index contributed by atoms with van der Waals surface area (Å²) in [6.45, 7) is 0.466. The molecule has 114 valence electrons. The fourth-order valence-electron chi connectivity index (χ4n) is 3.79. The highest BCUT2D eigenvalue weighted by atomic mass is 19.4. The Kier molecular flexibility index (Phi) is 3.06. The number of amides is 1. The monoisotopic (exact) mass is 291 g/mol. The number of piperidine rings is 1. The van der Waals surface area contributed by atoms with Gasteiger partial charge in [0.05, 0.1) is 5.41 Å². The second-order valence-electron chi connectivity index (χ2n) is 6.51. The molecule has 0 spiro atoms. The summed E-state index contributed by atoms with van der Waals surface area (Å²) in [5, 5.41) is 8.66. The minimum absolute atomic E-state index is 0.0162. The minimum atomic E-state index is -4.19. The Morgan fingerprint density at radius 1 is 1.35 bits per heavy atom. The zero-order chi connectivity index (χ0) is 14.6. The molecule has 3 rings (SSSR count). The maximum Gasteiger partial charge on any atom is 0.396 e. The molecule has 3 N–H and O–H groups in total.